The number of rotatable bonds is 21. The lowest BCUT2D eigenvalue weighted by Crippen LogP contribution is -2.15. The molecule has 0 unspecified atom stereocenters. The molecule has 0 spiro atoms. The summed E-state index contributed by atoms with van der Waals surface area (Å²) in [6.07, 6.45) is 4.76. The molecule has 0 bridgehead atoms. The second kappa shape index (κ2) is 21.2. The summed E-state index contributed by atoms with van der Waals surface area (Å²) >= 11 is 0. The quantitative estimate of drug-likeness (QED) is 0.160. The van der Waals surface area contributed by atoms with Crippen molar-refractivity contribution in [3.05, 3.63) is 12.2 Å². The zero-order valence-corrected chi connectivity index (χ0v) is 18.1. The predicted octanol–water partition coefficient (Wildman–Crippen LogP) is 2.69. The molecule has 0 aromatic carbocycles. The van der Waals surface area contributed by atoms with Gasteiger partial charge in [-0.3, -0.25) is 4.79 Å². The minimum absolute atomic E-state index is 0.157. The summed E-state index contributed by atoms with van der Waals surface area (Å²) in [6, 6.07) is 0. The molecule has 0 saturated heterocycles. The molecule has 0 aliphatic heterocycles. The highest BCUT2D eigenvalue weighted by Crippen LogP contribution is 2.03. The zero-order valence-electron chi connectivity index (χ0n) is 18.1. The van der Waals surface area contributed by atoms with Gasteiger partial charge < -0.3 is 28.4 Å². The second-order valence-corrected chi connectivity index (χ2v) is 6.40. The monoisotopic (exact) mass is 418 g/mol. The van der Waals surface area contributed by atoms with E-state index in [-0.39, 0.29) is 19.2 Å². The van der Waals surface area contributed by atoms with Gasteiger partial charge in [0.2, 0.25) is 0 Å². The highest BCUT2D eigenvalue weighted by atomic mass is 16.6. The van der Waals surface area contributed by atoms with Gasteiger partial charge in [0.15, 0.2) is 0 Å². The Morgan fingerprint density at radius 2 is 1.10 bits per heavy atom. The van der Waals surface area contributed by atoms with E-state index in [2.05, 4.69) is 13.5 Å². The summed E-state index contributed by atoms with van der Waals surface area (Å²) in [6.45, 7) is 11.1. The molecule has 170 valence electrons. The van der Waals surface area contributed by atoms with Crippen LogP contribution in [0.3, 0.4) is 0 Å². The Morgan fingerprint density at radius 3 is 1.55 bits per heavy atom. The Kier molecular flexibility index (Phi) is 20.2. The Bertz CT molecular complexity index is 425. The Morgan fingerprint density at radius 1 is 0.655 bits per heavy atom. The van der Waals surface area contributed by atoms with Crippen LogP contribution in [-0.4, -0.2) is 78.0 Å². The number of carbonyl (C=O) groups excluding carboxylic acids is 2. The van der Waals surface area contributed by atoms with Crippen molar-refractivity contribution in [1.82, 2.24) is 0 Å². The van der Waals surface area contributed by atoms with Crippen molar-refractivity contribution < 1.29 is 38.0 Å². The van der Waals surface area contributed by atoms with Crippen LogP contribution in [0, 0.1) is 0 Å². The molecule has 0 radical (unpaired) electrons. The van der Waals surface area contributed by atoms with E-state index in [1.807, 2.05) is 0 Å². The van der Waals surface area contributed by atoms with Gasteiger partial charge in [-0.25, -0.2) is 4.79 Å². The maximum absolute atomic E-state index is 11.4. The van der Waals surface area contributed by atoms with E-state index in [0.29, 0.717) is 64.8 Å². The van der Waals surface area contributed by atoms with Crippen molar-refractivity contribution in [2.75, 3.05) is 66.1 Å². The Labute approximate surface area is 174 Å². The van der Waals surface area contributed by atoms with E-state index in [0.717, 1.165) is 25.7 Å². The summed E-state index contributed by atoms with van der Waals surface area (Å²) in [5, 5.41) is 0. The molecule has 29 heavy (non-hydrogen) atoms. The number of hydrogen-bond acceptors (Lipinski definition) is 8. The third-order valence-electron chi connectivity index (χ3n) is 3.65. The molecule has 0 amide bonds. The predicted molar refractivity (Wildman–Crippen MR) is 109 cm³/mol. The van der Waals surface area contributed by atoms with Crippen LogP contribution in [0.5, 0.6) is 0 Å². The van der Waals surface area contributed by atoms with E-state index in [4.69, 9.17) is 28.4 Å². The van der Waals surface area contributed by atoms with Crippen molar-refractivity contribution in [1.29, 1.82) is 0 Å². The van der Waals surface area contributed by atoms with E-state index in [1.54, 1.807) is 6.92 Å². The number of unbranched alkanes of at least 4 members (excludes halogenated alkanes) is 3. The lowest BCUT2D eigenvalue weighted by atomic mass is 10.2. The maximum atomic E-state index is 11.4. The fourth-order valence-electron chi connectivity index (χ4n) is 2.06. The van der Waals surface area contributed by atoms with Gasteiger partial charge in [-0.15, -0.1) is 0 Å². The molecule has 0 N–H and O–H groups in total. The highest BCUT2D eigenvalue weighted by Gasteiger charge is 2.03. The van der Waals surface area contributed by atoms with Crippen LogP contribution in [0.25, 0.3) is 0 Å². The summed E-state index contributed by atoms with van der Waals surface area (Å²) in [7, 11) is 0. The number of carbonyl (C=O) groups is 2. The maximum Gasteiger partial charge on any atom is 0.333 e. The summed E-state index contributed by atoms with van der Waals surface area (Å²) in [5.74, 6) is -0.570. The van der Waals surface area contributed by atoms with Gasteiger partial charge >= 0.3 is 11.9 Å². The summed E-state index contributed by atoms with van der Waals surface area (Å²) in [5.41, 5.74) is 0.371. The largest absolute Gasteiger partial charge is 0.463 e. The van der Waals surface area contributed by atoms with Crippen LogP contribution in [0.2, 0.25) is 0 Å². The van der Waals surface area contributed by atoms with Gasteiger partial charge in [0.25, 0.3) is 0 Å². The third-order valence-corrected chi connectivity index (χ3v) is 3.65. The highest BCUT2D eigenvalue weighted by molar-refractivity contribution is 5.86. The molecule has 0 saturated carbocycles. The van der Waals surface area contributed by atoms with Crippen molar-refractivity contribution in [3.63, 3.8) is 0 Å². The average molecular weight is 419 g/mol. The van der Waals surface area contributed by atoms with Crippen LogP contribution in [0.15, 0.2) is 12.2 Å². The van der Waals surface area contributed by atoms with Gasteiger partial charge in [0.1, 0.15) is 13.2 Å². The molecule has 0 aromatic heterocycles. The minimum atomic E-state index is -0.412. The van der Waals surface area contributed by atoms with Crippen molar-refractivity contribution >= 4 is 11.9 Å². The minimum Gasteiger partial charge on any atom is -0.463 e. The van der Waals surface area contributed by atoms with Crippen molar-refractivity contribution in [2.45, 2.75) is 46.0 Å². The summed E-state index contributed by atoms with van der Waals surface area (Å²) in [4.78, 5) is 22.6. The smallest absolute Gasteiger partial charge is 0.333 e. The molecule has 0 heterocycles. The first kappa shape index (κ1) is 27.5. The Hall–Kier alpha value is -1.48. The van der Waals surface area contributed by atoms with Gasteiger partial charge in [-0.1, -0.05) is 32.8 Å². The second-order valence-electron chi connectivity index (χ2n) is 6.40. The first-order valence-corrected chi connectivity index (χ1v) is 10.4. The Balaban J connectivity index is 3.16. The van der Waals surface area contributed by atoms with E-state index < -0.39 is 5.97 Å². The number of esters is 2. The van der Waals surface area contributed by atoms with Crippen molar-refractivity contribution in [2.24, 2.45) is 0 Å². The first-order valence-electron chi connectivity index (χ1n) is 10.4. The molecule has 0 atom stereocenters. The normalized spacial score (nSPS) is 10.7. The molecule has 8 nitrogen and oxygen atoms in total. The molecule has 0 aliphatic rings. The van der Waals surface area contributed by atoms with Gasteiger partial charge in [-0.2, -0.15) is 0 Å². The molecule has 0 fully saturated rings. The van der Waals surface area contributed by atoms with E-state index in [1.165, 1.54) is 0 Å². The fraction of sp³-hybridized carbons (Fsp3) is 0.810. The molecule has 0 aromatic rings. The lowest BCUT2D eigenvalue weighted by molar-refractivity contribution is -0.145. The zero-order chi connectivity index (χ0) is 21.6. The number of ether oxygens (including phenoxy) is 6. The van der Waals surface area contributed by atoms with Crippen LogP contribution in [-0.2, 0) is 38.0 Å². The van der Waals surface area contributed by atoms with Crippen LogP contribution in [0.4, 0.5) is 0 Å². The lowest BCUT2D eigenvalue weighted by Gasteiger charge is -2.08. The molecule has 8 heteroatoms. The van der Waals surface area contributed by atoms with Gasteiger partial charge in [0, 0.05) is 12.0 Å². The SMILES string of the molecule is C=C(C)C(=O)OCCOCCOCCOCCOCCOC(=O)CCCCCC. The molecular weight excluding hydrogens is 380 g/mol. The van der Waals surface area contributed by atoms with Gasteiger partial charge in [0.05, 0.1) is 52.9 Å². The molecular formula is C21H38O8. The van der Waals surface area contributed by atoms with Crippen LogP contribution >= 0.6 is 0 Å². The van der Waals surface area contributed by atoms with E-state index >= 15 is 0 Å². The molecule has 0 aliphatic carbocycles. The standard InChI is InChI=1S/C21H38O8/c1-4-5-6-7-8-20(22)28-17-15-26-13-11-24-9-10-25-12-14-27-16-18-29-21(23)19(2)3/h2,4-18H2,1,3H3. The van der Waals surface area contributed by atoms with E-state index in [9.17, 15) is 9.59 Å². The third kappa shape index (κ3) is 21.1. The number of hydrogen-bond donors (Lipinski definition) is 0. The first-order chi connectivity index (χ1) is 14.1. The van der Waals surface area contributed by atoms with Gasteiger partial charge in [-0.05, 0) is 13.3 Å². The van der Waals surface area contributed by atoms with Crippen LogP contribution in [0.1, 0.15) is 46.0 Å². The topological polar surface area (TPSA) is 89.5 Å². The van der Waals surface area contributed by atoms with Crippen LogP contribution < -0.4 is 0 Å². The average Bonchev–Trinajstić information content (AvgIpc) is 2.70. The summed E-state index contributed by atoms with van der Waals surface area (Å²) < 4.78 is 31.3. The van der Waals surface area contributed by atoms with Crippen molar-refractivity contribution in [3.8, 4) is 0 Å². The molecule has 0 rings (SSSR count). The fourth-order valence-corrected chi connectivity index (χ4v) is 2.06.